The summed E-state index contributed by atoms with van der Waals surface area (Å²) in [6.07, 6.45) is 0. The first kappa shape index (κ1) is 25.8. The van der Waals surface area contributed by atoms with Gasteiger partial charge in [-0.1, -0.05) is 53.0 Å². The van der Waals surface area contributed by atoms with Crippen LogP contribution in [0.2, 0.25) is 15.1 Å². The summed E-state index contributed by atoms with van der Waals surface area (Å²) >= 11 is 18.4. The lowest BCUT2D eigenvalue weighted by molar-refractivity contribution is -0.114. The third-order valence-electron chi connectivity index (χ3n) is 4.51. The highest BCUT2D eigenvalue weighted by Crippen LogP contribution is 2.30. The highest BCUT2D eigenvalue weighted by atomic mass is 35.5. The molecule has 0 aliphatic rings. The SMILES string of the molecule is CCOC(=O)c1ccc(NC(=O)CN(c2cc(Cl)cc(Cl)c2)S(=O)(=O)c2ccccc2)c(Cl)c1. The Morgan fingerprint density at radius 3 is 2.18 bits per heavy atom. The van der Waals surface area contributed by atoms with Crippen LogP contribution in [0.25, 0.3) is 0 Å². The summed E-state index contributed by atoms with van der Waals surface area (Å²) in [4.78, 5) is 24.7. The molecule has 3 rings (SSSR count). The number of carbonyl (C=O) groups is 2. The van der Waals surface area contributed by atoms with Crippen molar-refractivity contribution >= 4 is 68.1 Å². The number of amides is 1. The minimum atomic E-state index is -4.15. The molecule has 0 unspecified atom stereocenters. The van der Waals surface area contributed by atoms with Crippen LogP contribution in [0, 0.1) is 0 Å². The summed E-state index contributed by atoms with van der Waals surface area (Å²) < 4.78 is 32.6. The van der Waals surface area contributed by atoms with Gasteiger partial charge in [0.2, 0.25) is 5.91 Å². The van der Waals surface area contributed by atoms with Gasteiger partial charge in [0.1, 0.15) is 6.54 Å². The van der Waals surface area contributed by atoms with Crippen LogP contribution in [-0.4, -0.2) is 33.4 Å². The topological polar surface area (TPSA) is 92.8 Å². The fraction of sp³-hybridized carbons (Fsp3) is 0.130. The van der Waals surface area contributed by atoms with Crippen molar-refractivity contribution < 1.29 is 22.7 Å². The third kappa shape index (κ3) is 6.21. The number of benzene rings is 3. The van der Waals surface area contributed by atoms with Crippen molar-refractivity contribution in [2.45, 2.75) is 11.8 Å². The van der Waals surface area contributed by atoms with Gasteiger partial charge in [-0.15, -0.1) is 0 Å². The molecule has 1 N–H and O–H groups in total. The van der Waals surface area contributed by atoms with E-state index in [1.807, 2.05) is 0 Å². The van der Waals surface area contributed by atoms with Crippen molar-refractivity contribution in [2.24, 2.45) is 0 Å². The Bertz CT molecular complexity index is 1300. The fourth-order valence-corrected chi connectivity index (χ4v) is 5.16. The molecule has 0 aliphatic carbocycles. The lowest BCUT2D eigenvalue weighted by Crippen LogP contribution is -2.38. The molecular formula is C23H19Cl3N2O5S. The molecule has 3 aromatic carbocycles. The van der Waals surface area contributed by atoms with Gasteiger partial charge in [-0.3, -0.25) is 9.10 Å². The molecule has 0 radical (unpaired) electrons. The number of carbonyl (C=O) groups excluding carboxylic acids is 2. The standard InChI is InChI=1S/C23H19Cl3N2O5S/c1-2-33-23(30)15-8-9-21(20(26)10-15)27-22(29)14-28(18-12-16(24)11-17(25)13-18)34(31,32)19-6-4-3-5-7-19/h3-13H,2,14H2,1H3,(H,27,29). The minimum Gasteiger partial charge on any atom is -0.462 e. The van der Waals surface area contributed by atoms with Gasteiger partial charge in [0, 0.05) is 10.0 Å². The molecule has 0 atom stereocenters. The van der Waals surface area contributed by atoms with Gasteiger partial charge in [0.25, 0.3) is 10.0 Å². The molecule has 34 heavy (non-hydrogen) atoms. The van der Waals surface area contributed by atoms with Crippen LogP contribution in [0.5, 0.6) is 0 Å². The lowest BCUT2D eigenvalue weighted by Gasteiger charge is -2.24. The predicted octanol–water partition coefficient (Wildman–Crippen LogP) is 5.66. The number of halogens is 3. The van der Waals surface area contributed by atoms with Crippen molar-refractivity contribution in [3.05, 3.63) is 87.4 Å². The number of hydrogen-bond donors (Lipinski definition) is 1. The second kappa shape index (κ2) is 11.1. The smallest absolute Gasteiger partial charge is 0.338 e. The van der Waals surface area contributed by atoms with E-state index >= 15 is 0 Å². The molecule has 11 heteroatoms. The molecular weight excluding hydrogens is 523 g/mol. The van der Waals surface area contributed by atoms with E-state index in [1.54, 1.807) is 25.1 Å². The first-order valence-electron chi connectivity index (χ1n) is 9.92. The van der Waals surface area contributed by atoms with Crippen molar-refractivity contribution in [1.82, 2.24) is 0 Å². The number of nitrogens with one attached hydrogen (secondary N) is 1. The van der Waals surface area contributed by atoms with Gasteiger partial charge >= 0.3 is 5.97 Å². The molecule has 0 spiro atoms. The van der Waals surface area contributed by atoms with E-state index in [1.165, 1.54) is 48.5 Å². The first-order valence-corrected chi connectivity index (χ1v) is 12.5. The maximum atomic E-state index is 13.4. The van der Waals surface area contributed by atoms with Crippen LogP contribution < -0.4 is 9.62 Å². The van der Waals surface area contributed by atoms with E-state index in [0.717, 1.165) is 4.31 Å². The summed E-state index contributed by atoms with van der Waals surface area (Å²) in [6, 6.07) is 16.1. The summed E-state index contributed by atoms with van der Waals surface area (Å²) in [5.74, 6) is -1.23. The van der Waals surface area contributed by atoms with Crippen molar-refractivity contribution in [3.63, 3.8) is 0 Å². The van der Waals surface area contributed by atoms with Gasteiger partial charge in [-0.25, -0.2) is 13.2 Å². The minimum absolute atomic E-state index is 0.0179. The molecule has 0 heterocycles. The number of rotatable bonds is 8. The maximum absolute atomic E-state index is 13.4. The number of hydrogen-bond acceptors (Lipinski definition) is 5. The zero-order valence-electron chi connectivity index (χ0n) is 17.8. The number of nitrogens with zero attached hydrogens (tertiary/aromatic N) is 1. The van der Waals surface area contributed by atoms with Crippen LogP contribution in [-0.2, 0) is 19.6 Å². The Kier molecular flexibility index (Phi) is 8.43. The second-order valence-electron chi connectivity index (χ2n) is 6.92. The Labute approximate surface area is 212 Å². The predicted molar refractivity (Wildman–Crippen MR) is 133 cm³/mol. The monoisotopic (exact) mass is 540 g/mol. The highest BCUT2D eigenvalue weighted by molar-refractivity contribution is 7.92. The van der Waals surface area contributed by atoms with Gasteiger partial charge in [0.05, 0.1) is 33.5 Å². The molecule has 0 fully saturated rings. The summed E-state index contributed by atoms with van der Waals surface area (Å²) in [5.41, 5.74) is 0.521. The van der Waals surface area contributed by atoms with Gasteiger partial charge in [-0.05, 0) is 55.5 Å². The molecule has 7 nitrogen and oxygen atoms in total. The second-order valence-corrected chi connectivity index (χ2v) is 10.1. The quantitative estimate of drug-likeness (QED) is 0.372. The van der Waals surface area contributed by atoms with Crippen LogP contribution in [0.1, 0.15) is 17.3 Å². The average Bonchev–Trinajstić information content (AvgIpc) is 2.78. The van der Waals surface area contributed by atoms with E-state index in [2.05, 4.69) is 5.32 Å². The van der Waals surface area contributed by atoms with E-state index in [-0.39, 0.29) is 43.5 Å². The van der Waals surface area contributed by atoms with Crippen LogP contribution >= 0.6 is 34.8 Å². The normalized spacial score (nSPS) is 11.1. The van der Waals surface area contributed by atoms with Crippen LogP contribution in [0.4, 0.5) is 11.4 Å². The van der Waals surface area contributed by atoms with Crippen molar-refractivity contribution in [2.75, 3.05) is 22.8 Å². The van der Waals surface area contributed by atoms with E-state index in [9.17, 15) is 18.0 Å². The molecule has 0 bridgehead atoms. The molecule has 3 aromatic rings. The summed E-state index contributed by atoms with van der Waals surface area (Å²) in [6.45, 7) is 1.29. The molecule has 0 saturated heterocycles. The number of ether oxygens (including phenoxy) is 1. The molecule has 0 saturated carbocycles. The zero-order valence-corrected chi connectivity index (χ0v) is 20.9. The molecule has 0 aliphatic heterocycles. The fourth-order valence-electron chi connectivity index (χ4n) is 3.00. The third-order valence-corrected chi connectivity index (χ3v) is 7.05. The largest absolute Gasteiger partial charge is 0.462 e. The van der Waals surface area contributed by atoms with Crippen LogP contribution in [0.15, 0.2) is 71.6 Å². The summed E-state index contributed by atoms with van der Waals surface area (Å²) in [7, 11) is -4.15. The highest BCUT2D eigenvalue weighted by Gasteiger charge is 2.28. The van der Waals surface area contributed by atoms with E-state index < -0.39 is 28.4 Å². The lowest BCUT2D eigenvalue weighted by atomic mass is 10.2. The Morgan fingerprint density at radius 1 is 0.941 bits per heavy atom. The van der Waals surface area contributed by atoms with Crippen LogP contribution in [0.3, 0.4) is 0 Å². The Hall–Kier alpha value is -2.78. The molecule has 0 aromatic heterocycles. The zero-order chi connectivity index (χ0) is 24.9. The van der Waals surface area contributed by atoms with E-state index in [0.29, 0.717) is 0 Å². The van der Waals surface area contributed by atoms with Gasteiger partial charge in [-0.2, -0.15) is 0 Å². The van der Waals surface area contributed by atoms with E-state index in [4.69, 9.17) is 39.5 Å². The first-order chi connectivity index (χ1) is 16.1. The average molecular weight is 542 g/mol. The van der Waals surface area contributed by atoms with Crippen molar-refractivity contribution in [3.8, 4) is 0 Å². The molecule has 1 amide bonds. The number of sulfonamides is 1. The number of anilines is 2. The van der Waals surface area contributed by atoms with Gasteiger partial charge < -0.3 is 10.1 Å². The van der Waals surface area contributed by atoms with Gasteiger partial charge in [0.15, 0.2) is 0 Å². The maximum Gasteiger partial charge on any atom is 0.338 e. The number of esters is 1. The summed E-state index contributed by atoms with van der Waals surface area (Å²) in [5, 5.41) is 3.06. The van der Waals surface area contributed by atoms with Crippen molar-refractivity contribution in [1.29, 1.82) is 0 Å². The Balaban J connectivity index is 1.91. The Morgan fingerprint density at radius 2 is 1.59 bits per heavy atom. The molecule has 178 valence electrons.